The molecule has 4 amide bonds. The number of barbiturate groups is 1. The van der Waals surface area contributed by atoms with Crippen LogP contribution in [0, 0.1) is 3.57 Å². The molecule has 0 aliphatic carbocycles. The van der Waals surface area contributed by atoms with Gasteiger partial charge in [-0.25, -0.2) is 9.69 Å². The Morgan fingerprint density at radius 2 is 1.67 bits per heavy atom. The molecule has 0 unspecified atom stereocenters. The van der Waals surface area contributed by atoms with Crippen LogP contribution < -0.4 is 15.0 Å². The van der Waals surface area contributed by atoms with Gasteiger partial charge in [0.1, 0.15) is 17.9 Å². The molecule has 4 aromatic carbocycles. The molecule has 1 N–H and O–H groups in total. The van der Waals surface area contributed by atoms with Crippen LogP contribution in [0.3, 0.4) is 0 Å². The Morgan fingerprint density at radius 1 is 0.917 bits per heavy atom. The Morgan fingerprint density at radius 3 is 2.44 bits per heavy atom. The van der Waals surface area contributed by atoms with Crippen LogP contribution in [-0.2, 0) is 16.2 Å². The summed E-state index contributed by atoms with van der Waals surface area (Å²) in [5, 5.41) is 4.54. The van der Waals surface area contributed by atoms with Crippen molar-refractivity contribution >= 4 is 78.9 Å². The van der Waals surface area contributed by atoms with Crippen molar-refractivity contribution in [3.63, 3.8) is 0 Å². The Balaban J connectivity index is 1.37. The predicted molar refractivity (Wildman–Crippen MR) is 151 cm³/mol. The maximum atomic E-state index is 13.1. The fourth-order valence-electron chi connectivity index (χ4n) is 3.95. The van der Waals surface area contributed by atoms with Crippen LogP contribution in [0.2, 0.25) is 0 Å². The molecule has 1 heterocycles. The second kappa shape index (κ2) is 10.2. The van der Waals surface area contributed by atoms with Crippen molar-refractivity contribution in [3.8, 4) is 5.75 Å². The smallest absolute Gasteiger partial charge is 0.335 e. The summed E-state index contributed by atoms with van der Waals surface area (Å²) in [5.74, 6) is -0.723. The van der Waals surface area contributed by atoms with Gasteiger partial charge in [0.15, 0.2) is 0 Å². The normalized spacial score (nSPS) is 14.9. The highest BCUT2D eigenvalue weighted by molar-refractivity contribution is 14.1. The SMILES string of the molecule is O=C1NC(=O)N(c2ccc(Br)cc2)C(=O)/C1=C/c1ccc(OCc2cccc3ccccc23)c(I)c1. The molecule has 0 radical (unpaired) electrons. The molecule has 0 spiro atoms. The largest absolute Gasteiger partial charge is 0.488 e. The Labute approximate surface area is 229 Å². The Kier molecular flexibility index (Phi) is 6.88. The van der Waals surface area contributed by atoms with E-state index in [-0.39, 0.29) is 5.57 Å². The van der Waals surface area contributed by atoms with Crippen LogP contribution >= 0.6 is 38.5 Å². The first-order chi connectivity index (χ1) is 17.4. The summed E-state index contributed by atoms with van der Waals surface area (Å²) < 4.78 is 7.72. The van der Waals surface area contributed by atoms with Crippen LogP contribution in [0.4, 0.5) is 10.5 Å². The molecule has 4 aromatic rings. The van der Waals surface area contributed by atoms with E-state index in [9.17, 15) is 14.4 Å². The van der Waals surface area contributed by atoms with Gasteiger partial charge in [-0.1, -0.05) is 64.5 Å². The molecule has 5 rings (SSSR count). The summed E-state index contributed by atoms with van der Waals surface area (Å²) in [5.41, 5.74) is 1.96. The van der Waals surface area contributed by atoms with Gasteiger partial charge >= 0.3 is 6.03 Å². The van der Waals surface area contributed by atoms with Crippen molar-refractivity contribution in [2.45, 2.75) is 6.61 Å². The van der Waals surface area contributed by atoms with Gasteiger partial charge in [0, 0.05) is 4.47 Å². The monoisotopic (exact) mass is 652 g/mol. The number of carbonyl (C=O) groups is 3. The standard InChI is InChI=1S/C28H18BrIN2O4/c29-20-9-11-21(12-10-20)32-27(34)23(26(33)31-28(32)35)14-17-8-13-25(24(30)15-17)36-16-19-6-3-5-18-4-1-2-7-22(18)19/h1-15H,16H2,(H,31,33,35)/b23-14+. The molecule has 1 aliphatic rings. The van der Waals surface area contributed by atoms with E-state index in [1.807, 2.05) is 36.4 Å². The highest BCUT2D eigenvalue weighted by Gasteiger charge is 2.36. The van der Waals surface area contributed by atoms with E-state index in [1.54, 1.807) is 30.3 Å². The zero-order valence-electron chi connectivity index (χ0n) is 18.7. The highest BCUT2D eigenvalue weighted by Crippen LogP contribution is 2.28. The summed E-state index contributed by atoms with van der Waals surface area (Å²) in [7, 11) is 0. The number of amides is 4. The first-order valence-corrected chi connectivity index (χ1v) is 12.8. The number of anilines is 1. The number of hydrogen-bond donors (Lipinski definition) is 1. The van der Waals surface area contributed by atoms with Crippen LogP contribution in [0.1, 0.15) is 11.1 Å². The first kappa shape index (κ1) is 24.2. The Hall–Kier alpha value is -3.50. The number of nitrogens with one attached hydrogen (secondary N) is 1. The zero-order chi connectivity index (χ0) is 25.2. The number of nitrogens with zero attached hydrogens (tertiary/aromatic N) is 1. The number of rotatable bonds is 5. The van der Waals surface area contributed by atoms with Crippen molar-refractivity contribution in [2.75, 3.05) is 4.90 Å². The number of ether oxygens (including phenoxy) is 1. The van der Waals surface area contributed by atoms with E-state index < -0.39 is 17.8 Å². The minimum Gasteiger partial charge on any atom is -0.488 e. The fourth-order valence-corrected chi connectivity index (χ4v) is 4.91. The number of halogens is 2. The van der Waals surface area contributed by atoms with Gasteiger partial charge in [-0.3, -0.25) is 14.9 Å². The number of benzene rings is 4. The maximum Gasteiger partial charge on any atom is 0.335 e. The molecule has 178 valence electrons. The number of urea groups is 1. The first-order valence-electron chi connectivity index (χ1n) is 11.0. The van der Waals surface area contributed by atoms with Crippen LogP contribution in [0.15, 0.2) is 95.0 Å². The lowest BCUT2D eigenvalue weighted by atomic mass is 10.1. The van der Waals surface area contributed by atoms with Crippen LogP contribution in [0.25, 0.3) is 16.8 Å². The van der Waals surface area contributed by atoms with Crippen molar-refractivity contribution < 1.29 is 19.1 Å². The Bertz CT molecular complexity index is 1540. The minimum absolute atomic E-state index is 0.127. The second-order valence-electron chi connectivity index (χ2n) is 8.05. The third kappa shape index (κ3) is 4.91. The van der Waals surface area contributed by atoms with E-state index in [0.717, 1.165) is 29.3 Å². The topological polar surface area (TPSA) is 75.7 Å². The molecule has 0 saturated carbocycles. The predicted octanol–water partition coefficient (Wildman–Crippen LogP) is 6.45. The number of imide groups is 2. The van der Waals surface area contributed by atoms with Gasteiger partial charge < -0.3 is 4.74 Å². The van der Waals surface area contributed by atoms with E-state index in [2.05, 4.69) is 62.0 Å². The van der Waals surface area contributed by atoms with Crippen molar-refractivity contribution in [2.24, 2.45) is 0 Å². The summed E-state index contributed by atoms with van der Waals surface area (Å²) in [6.07, 6.45) is 1.48. The van der Waals surface area contributed by atoms with Crippen LogP contribution in [0.5, 0.6) is 5.75 Å². The van der Waals surface area contributed by atoms with Gasteiger partial charge in [0.05, 0.1) is 9.26 Å². The summed E-state index contributed by atoms with van der Waals surface area (Å²) in [6.45, 7) is 0.406. The minimum atomic E-state index is -0.781. The molecule has 0 bridgehead atoms. The number of fused-ring (bicyclic) bond motifs is 1. The quantitative estimate of drug-likeness (QED) is 0.153. The van der Waals surface area contributed by atoms with Gasteiger partial charge in [-0.15, -0.1) is 0 Å². The highest BCUT2D eigenvalue weighted by atomic mass is 127. The third-order valence-electron chi connectivity index (χ3n) is 5.72. The third-order valence-corrected chi connectivity index (χ3v) is 7.09. The van der Waals surface area contributed by atoms with Gasteiger partial charge in [0.2, 0.25) is 0 Å². The lowest BCUT2D eigenvalue weighted by molar-refractivity contribution is -0.122. The lowest BCUT2D eigenvalue weighted by Crippen LogP contribution is -2.54. The van der Waals surface area contributed by atoms with Gasteiger partial charge in [-0.2, -0.15) is 0 Å². The van der Waals surface area contributed by atoms with Gasteiger partial charge in [0.25, 0.3) is 11.8 Å². The molecule has 1 saturated heterocycles. The molecule has 1 fully saturated rings. The molecule has 0 aromatic heterocycles. The van der Waals surface area contributed by atoms with E-state index in [0.29, 0.717) is 23.6 Å². The van der Waals surface area contributed by atoms with E-state index in [1.165, 1.54) is 6.08 Å². The van der Waals surface area contributed by atoms with Crippen molar-refractivity contribution in [3.05, 3.63) is 110 Å². The molecular formula is C28H18BrIN2O4. The summed E-state index contributed by atoms with van der Waals surface area (Å²) in [6, 6.07) is 25.6. The van der Waals surface area contributed by atoms with E-state index in [4.69, 9.17) is 4.74 Å². The molecule has 1 aliphatic heterocycles. The van der Waals surface area contributed by atoms with Crippen LogP contribution in [-0.4, -0.2) is 17.8 Å². The fraction of sp³-hybridized carbons (Fsp3) is 0.0357. The van der Waals surface area contributed by atoms with E-state index >= 15 is 0 Å². The molecular weight excluding hydrogens is 635 g/mol. The van der Waals surface area contributed by atoms with Crippen molar-refractivity contribution in [1.82, 2.24) is 5.32 Å². The maximum absolute atomic E-state index is 13.1. The number of hydrogen-bond acceptors (Lipinski definition) is 4. The summed E-state index contributed by atoms with van der Waals surface area (Å²) in [4.78, 5) is 38.9. The molecule has 8 heteroatoms. The molecule has 36 heavy (non-hydrogen) atoms. The average molecular weight is 653 g/mol. The number of carbonyl (C=O) groups excluding carboxylic acids is 3. The second-order valence-corrected chi connectivity index (χ2v) is 10.1. The molecule has 6 nitrogen and oxygen atoms in total. The molecule has 0 atom stereocenters. The summed E-state index contributed by atoms with van der Waals surface area (Å²) >= 11 is 5.49. The van der Waals surface area contributed by atoms with Crippen molar-refractivity contribution in [1.29, 1.82) is 0 Å². The zero-order valence-corrected chi connectivity index (χ0v) is 22.4. The van der Waals surface area contributed by atoms with Gasteiger partial charge in [-0.05, 0) is 87.0 Å². The average Bonchev–Trinajstić information content (AvgIpc) is 2.87. The lowest BCUT2D eigenvalue weighted by Gasteiger charge is -2.26.